The van der Waals surface area contributed by atoms with Crippen LogP contribution in [0, 0.1) is 12.8 Å². The van der Waals surface area contributed by atoms with E-state index in [1.54, 1.807) is 0 Å². The lowest BCUT2D eigenvalue weighted by molar-refractivity contribution is 0.0476. The molecule has 1 aromatic rings. The Morgan fingerprint density at radius 3 is 2.58 bits per heavy atom. The fourth-order valence-electron chi connectivity index (χ4n) is 3.31. The van der Waals surface area contributed by atoms with Crippen LogP contribution in [0.1, 0.15) is 50.3 Å². The number of hydrogen-bond donors (Lipinski definition) is 2. The number of nitrogens with zero attached hydrogens (tertiary/aromatic N) is 1. The molecule has 3 rings (SSSR count). The van der Waals surface area contributed by atoms with Crippen molar-refractivity contribution in [1.29, 1.82) is 0 Å². The maximum Gasteiger partial charge on any atom is 0.408 e. The van der Waals surface area contributed by atoms with Crippen LogP contribution in [0.15, 0.2) is 4.60 Å². The summed E-state index contributed by atoms with van der Waals surface area (Å²) in [5, 5.41) is 12.4. The molecule has 1 heterocycles. The number of ether oxygens (including phenoxy) is 2. The Morgan fingerprint density at radius 1 is 1.35 bits per heavy atom. The quantitative estimate of drug-likeness (QED) is 0.705. The molecule has 2 N–H and O–H groups in total. The zero-order valence-electron chi connectivity index (χ0n) is 15.8. The first-order chi connectivity index (χ1) is 12.1. The summed E-state index contributed by atoms with van der Waals surface area (Å²) in [4.78, 5) is 16.6. The van der Waals surface area contributed by atoms with Crippen LogP contribution in [0.3, 0.4) is 0 Å². The zero-order valence-corrected chi connectivity index (χ0v) is 17.4. The van der Waals surface area contributed by atoms with Gasteiger partial charge in [-0.25, -0.2) is 9.78 Å². The number of nitrogens with one attached hydrogen (secondary N) is 1. The molecule has 0 bridgehead atoms. The molecule has 1 fully saturated rings. The molecular weight excluding hydrogens is 400 g/mol. The van der Waals surface area contributed by atoms with Crippen molar-refractivity contribution in [2.24, 2.45) is 5.92 Å². The van der Waals surface area contributed by atoms with Crippen molar-refractivity contribution in [1.82, 2.24) is 10.3 Å². The SMILES string of the molecule is Cc1c(OCC2(NC(=O)OC(C)(C)C)CC2)nc(Br)c2c1CC(CO)C2. The van der Waals surface area contributed by atoms with Gasteiger partial charge >= 0.3 is 6.09 Å². The van der Waals surface area contributed by atoms with Gasteiger partial charge in [0.2, 0.25) is 5.88 Å². The van der Waals surface area contributed by atoms with Crippen LogP contribution in [0.2, 0.25) is 0 Å². The van der Waals surface area contributed by atoms with E-state index < -0.39 is 11.7 Å². The van der Waals surface area contributed by atoms with Gasteiger partial charge in [0, 0.05) is 12.2 Å². The molecule has 26 heavy (non-hydrogen) atoms. The van der Waals surface area contributed by atoms with Crippen molar-refractivity contribution in [2.45, 2.75) is 64.5 Å². The predicted octanol–water partition coefficient (Wildman–Crippen LogP) is 3.30. The largest absolute Gasteiger partial charge is 0.475 e. The minimum atomic E-state index is -0.521. The number of hydrogen-bond acceptors (Lipinski definition) is 5. The summed E-state index contributed by atoms with van der Waals surface area (Å²) in [5.41, 5.74) is 2.52. The molecule has 7 heteroatoms. The average Bonchev–Trinajstić information content (AvgIpc) is 3.13. The van der Waals surface area contributed by atoms with Gasteiger partial charge in [0.25, 0.3) is 0 Å². The molecular formula is C19H27BrN2O4. The number of carbonyl (C=O) groups excluding carboxylic acids is 1. The van der Waals surface area contributed by atoms with E-state index in [-0.39, 0.29) is 18.1 Å². The number of carbonyl (C=O) groups is 1. The first-order valence-electron chi connectivity index (χ1n) is 9.05. The summed E-state index contributed by atoms with van der Waals surface area (Å²) in [7, 11) is 0. The number of rotatable bonds is 5. The highest BCUT2D eigenvalue weighted by molar-refractivity contribution is 9.10. The Kier molecular flexibility index (Phi) is 5.23. The summed E-state index contributed by atoms with van der Waals surface area (Å²) in [5.74, 6) is 0.840. The topological polar surface area (TPSA) is 80.7 Å². The first-order valence-corrected chi connectivity index (χ1v) is 9.84. The summed E-state index contributed by atoms with van der Waals surface area (Å²) < 4.78 is 12.1. The molecule has 1 atom stereocenters. The Hall–Kier alpha value is -1.34. The fraction of sp³-hybridized carbons (Fsp3) is 0.684. The summed E-state index contributed by atoms with van der Waals surface area (Å²) in [6.45, 7) is 8.09. The molecule has 144 valence electrons. The lowest BCUT2D eigenvalue weighted by atomic mass is 10.1. The summed E-state index contributed by atoms with van der Waals surface area (Å²) in [6, 6.07) is 0. The van der Waals surface area contributed by atoms with Crippen LogP contribution in [0.25, 0.3) is 0 Å². The second kappa shape index (κ2) is 7.00. The molecule has 0 spiro atoms. The minimum Gasteiger partial charge on any atom is -0.475 e. The number of alkyl carbamates (subject to hydrolysis) is 1. The van der Waals surface area contributed by atoms with E-state index in [0.717, 1.165) is 35.8 Å². The number of halogens is 1. The second-order valence-corrected chi connectivity index (χ2v) is 9.19. The normalized spacial score (nSPS) is 20.5. The third kappa shape index (κ3) is 4.31. The van der Waals surface area contributed by atoms with Gasteiger partial charge in [0.15, 0.2) is 0 Å². The lowest BCUT2D eigenvalue weighted by Gasteiger charge is -2.24. The number of pyridine rings is 1. The van der Waals surface area contributed by atoms with Crippen molar-refractivity contribution in [3.05, 3.63) is 21.3 Å². The Balaban J connectivity index is 1.66. The number of aliphatic hydroxyl groups excluding tert-OH is 1. The van der Waals surface area contributed by atoms with Gasteiger partial charge in [0.05, 0.1) is 5.54 Å². The van der Waals surface area contributed by atoms with E-state index in [9.17, 15) is 9.90 Å². The molecule has 1 aromatic heterocycles. The molecule has 6 nitrogen and oxygen atoms in total. The van der Waals surface area contributed by atoms with Crippen molar-refractivity contribution in [2.75, 3.05) is 13.2 Å². The van der Waals surface area contributed by atoms with Crippen LogP contribution in [-0.2, 0) is 17.6 Å². The number of amides is 1. The van der Waals surface area contributed by atoms with E-state index in [0.29, 0.717) is 12.5 Å². The smallest absolute Gasteiger partial charge is 0.408 e. The Morgan fingerprint density at radius 2 is 2.00 bits per heavy atom. The average molecular weight is 427 g/mol. The van der Waals surface area contributed by atoms with Gasteiger partial charge in [-0.05, 0) is 86.4 Å². The third-order valence-corrected chi connectivity index (χ3v) is 5.59. The van der Waals surface area contributed by atoms with E-state index >= 15 is 0 Å². The van der Waals surface area contributed by atoms with Crippen LogP contribution >= 0.6 is 15.9 Å². The van der Waals surface area contributed by atoms with Gasteiger partial charge in [-0.3, -0.25) is 0 Å². The highest BCUT2D eigenvalue weighted by Crippen LogP contribution is 2.39. The molecule has 1 saturated carbocycles. The number of fused-ring (bicyclic) bond motifs is 1. The van der Waals surface area contributed by atoms with Crippen molar-refractivity contribution in [3.63, 3.8) is 0 Å². The number of aromatic nitrogens is 1. The first kappa shape index (κ1) is 19.4. The number of aliphatic hydroxyl groups is 1. The third-order valence-electron chi connectivity index (χ3n) is 4.94. The monoisotopic (exact) mass is 426 g/mol. The molecule has 0 aromatic carbocycles. The predicted molar refractivity (Wildman–Crippen MR) is 101 cm³/mol. The van der Waals surface area contributed by atoms with E-state index in [4.69, 9.17) is 9.47 Å². The summed E-state index contributed by atoms with van der Waals surface area (Å²) in [6.07, 6.45) is 3.00. The van der Waals surface area contributed by atoms with Crippen molar-refractivity contribution in [3.8, 4) is 5.88 Å². The molecule has 0 aliphatic heterocycles. The minimum absolute atomic E-state index is 0.180. The lowest BCUT2D eigenvalue weighted by Crippen LogP contribution is -2.44. The molecule has 1 amide bonds. The highest BCUT2D eigenvalue weighted by Gasteiger charge is 2.46. The van der Waals surface area contributed by atoms with E-state index in [1.807, 2.05) is 27.7 Å². The Bertz CT molecular complexity index is 710. The molecule has 2 aliphatic carbocycles. The van der Waals surface area contributed by atoms with Crippen LogP contribution in [0.5, 0.6) is 5.88 Å². The van der Waals surface area contributed by atoms with Crippen molar-refractivity contribution < 1.29 is 19.4 Å². The molecule has 2 aliphatic rings. The van der Waals surface area contributed by atoms with E-state index in [1.165, 1.54) is 11.1 Å². The van der Waals surface area contributed by atoms with Gasteiger partial charge in [0.1, 0.15) is 16.8 Å². The standard InChI is InChI=1S/C19H27BrN2O4/c1-11-13-7-12(9-23)8-14(13)15(20)21-16(11)25-10-19(5-6-19)22-17(24)26-18(2,3)4/h12,23H,5-10H2,1-4H3,(H,22,24). The van der Waals surface area contributed by atoms with Crippen LogP contribution in [0.4, 0.5) is 4.79 Å². The summed E-state index contributed by atoms with van der Waals surface area (Å²) >= 11 is 3.54. The second-order valence-electron chi connectivity index (χ2n) is 8.44. The van der Waals surface area contributed by atoms with Gasteiger partial charge in [-0.1, -0.05) is 0 Å². The maximum atomic E-state index is 12.0. The van der Waals surface area contributed by atoms with Crippen LogP contribution in [-0.4, -0.2) is 40.5 Å². The molecule has 1 unspecified atom stereocenters. The van der Waals surface area contributed by atoms with Crippen LogP contribution < -0.4 is 10.1 Å². The fourth-order valence-corrected chi connectivity index (χ4v) is 3.87. The van der Waals surface area contributed by atoms with Crippen molar-refractivity contribution >= 4 is 22.0 Å². The molecule has 0 radical (unpaired) electrons. The maximum absolute atomic E-state index is 12.0. The van der Waals surface area contributed by atoms with Gasteiger partial charge in [-0.2, -0.15) is 0 Å². The molecule has 0 saturated heterocycles. The van der Waals surface area contributed by atoms with Gasteiger partial charge in [-0.15, -0.1) is 0 Å². The highest BCUT2D eigenvalue weighted by atomic mass is 79.9. The van der Waals surface area contributed by atoms with E-state index in [2.05, 4.69) is 26.2 Å². The Labute approximate surface area is 162 Å². The van der Waals surface area contributed by atoms with Gasteiger partial charge < -0.3 is 19.9 Å². The zero-order chi connectivity index (χ0) is 19.1.